The number of benzene rings is 2. The minimum Gasteiger partial charge on any atom is -0.497 e. The highest BCUT2D eigenvalue weighted by Gasteiger charge is 2.15. The van der Waals surface area contributed by atoms with Crippen LogP contribution in [0.3, 0.4) is 0 Å². The summed E-state index contributed by atoms with van der Waals surface area (Å²) in [6.45, 7) is 0.451. The molecule has 0 saturated heterocycles. The van der Waals surface area contributed by atoms with Gasteiger partial charge in [-0.25, -0.2) is 4.39 Å². The Balaban J connectivity index is 1.57. The lowest BCUT2D eigenvalue weighted by Gasteiger charge is -2.04. The van der Waals surface area contributed by atoms with E-state index in [4.69, 9.17) is 9.26 Å². The molecule has 0 fully saturated rings. The smallest absolute Gasteiger partial charge is 0.273 e. The van der Waals surface area contributed by atoms with E-state index in [9.17, 15) is 9.18 Å². The molecule has 6 heteroatoms. The van der Waals surface area contributed by atoms with Gasteiger partial charge in [0.15, 0.2) is 11.5 Å². The molecule has 128 valence electrons. The van der Waals surface area contributed by atoms with E-state index >= 15 is 0 Å². The largest absolute Gasteiger partial charge is 0.497 e. The van der Waals surface area contributed by atoms with Gasteiger partial charge in [0.1, 0.15) is 11.6 Å². The summed E-state index contributed by atoms with van der Waals surface area (Å²) < 4.78 is 23.9. The Bertz CT molecular complexity index is 859. The van der Waals surface area contributed by atoms with Gasteiger partial charge in [-0.05, 0) is 36.2 Å². The number of halogens is 1. The van der Waals surface area contributed by atoms with Gasteiger partial charge in [0.25, 0.3) is 5.91 Å². The van der Waals surface area contributed by atoms with Crippen molar-refractivity contribution in [3.63, 3.8) is 0 Å². The quantitative estimate of drug-likeness (QED) is 0.746. The van der Waals surface area contributed by atoms with Crippen LogP contribution >= 0.6 is 0 Å². The first-order valence-corrected chi connectivity index (χ1v) is 7.80. The summed E-state index contributed by atoms with van der Waals surface area (Å²) in [6, 6.07) is 15.2. The Morgan fingerprint density at radius 1 is 1.20 bits per heavy atom. The average Bonchev–Trinajstić information content (AvgIpc) is 3.12. The summed E-state index contributed by atoms with van der Waals surface area (Å²) in [5.41, 5.74) is 1.47. The number of hydrogen-bond donors (Lipinski definition) is 1. The molecule has 25 heavy (non-hydrogen) atoms. The van der Waals surface area contributed by atoms with Gasteiger partial charge >= 0.3 is 0 Å². The van der Waals surface area contributed by atoms with Crippen LogP contribution in [0.1, 0.15) is 16.1 Å². The van der Waals surface area contributed by atoms with Gasteiger partial charge in [-0.3, -0.25) is 4.79 Å². The minimum absolute atomic E-state index is 0.119. The number of ether oxygens (including phenoxy) is 1. The van der Waals surface area contributed by atoms with Gasteiger partial charge in [-0.15, -0.1) is 0 Å². The fraction of sp³-hybridized carbons (Fsp3) is 0.158. The molecule has 0 spiro atoms. The van der Waals surface area contributed by atoms with Gasteiger partial charge in [0.05, 0.1) is 12.7 Å². The van der Waals surface area contributed by atoms with Crippen molar-refractivity contribution in [3.05, 3.63) is 71.7 Å². The highest BCUT2D eigenvalue weighted by atomic mass is 19.1. The molecule has 0 aliphatic rings. The molecule has 0 unspecified atom stereocenters. The normalized spacial score (nSPS) is 10.5. The third-order valence-electron chi connectivity index (χ3n) is 3.74. The van der Waals surface area contributed by atoms with E-state index in [1.807, 2.05) is 24.3 Å². The van der Waals surface area contributed by atoms with Gasteiger partial charge in [-0.2, -0.15) is 0 Å². The first-order valence-electron chi connectivity index (χ1n) is 7.80. The second kappa shape index (κ2) is 7.61. The van der Waals surface area contributed by atoms with Crippen LogP contribution in [0.5, 0.6) is 5.75 Å². The monoisotopic (exact) mass is 340 g/mol. The molecular weight excluding hydrogens is 323 g/mol. The lowest BCUT2D eigenvalue weighted by atomic mass is 10.1. The third kappa shape index (κ3) is 4.03. The molecule has 1 aromatic heterocycles. The standard InChI is InChI=1S/C19H17FN2O3/c1-24-14-8-6-13(7-9-14)10-11-21-19(23)17-12-18(25-22-17)15-4-2-3-5-16(15)20/h2-9,12H,10-11H2,1H3,(H,21,23). The van der Waals surface area contributed by atoms with Crippen molar-refractivity contribution >= 4 is 5.91 Å². The summed E-state index contributed by atoms with van der Waals surface area (Å²) in [5.74, 6) is 0.222. The van der Waals surface area contributed by atoms with Crippen molar-refractivity contribution < 1.29 is 18.4 Å². The molecule has 5 nitrogen and oxygen atoms in total. The highest BCUT2D eigenvalue weighted by Crippen LogP contribution is 2.23. The van der Waals surface area contributed by atoms with Gasteiger partial charge in [0, 0.05) is 12.6 Å². The molecule has 1 amide bonds. The van der Waals surface area contributed by atoms with Crippen molar-refractivity contribution in [3.8, 4) is 17.1 Å². The van der Waals surface area contributed by atoms with Gasteiger partial charge < -0.3 is 14.6 Å². The summed E-state index contributed by atoms with van der Waals surface area (Å²) in [4.78, 5) is 12.1. The maximum Gasteiger partial charge on any atom is 0.273 e. The van der Waals surface area contributed by atoms with Crippen LogP contribution in [0.2, 0.25) is 0 Å². The van der Waals surface area contributed by atoms with Crippen molar-refractivity contribution in [2.45, 2.75) is 6.42 Å². The first kappa shape index (κ1) is 16.7. The average molecular weight is 340 g/mol. The lowest BCUT2D eigenvalue weighted by Crippen LogP contribution is -2.25. The molecule has 1 heterocycles. The Hall–Kier alpha value is -3.15. The molecule has 0 atom stereocenters. The zero-order valence-electron chi connectivity index (χ0n) is 13.7. The predicted octanol–water partition coefficient (Wildman–Crippen LogP) is 3.46. The minimum atomic E-state index is -0.426. The SMILES string of the molecule is COc1ccc(CCNC(=O)c2cc(-c3ccccc3F)on2)cc1. The second-order valence-electron chi connectivity index (χ2n) is 5.41. The number of aromatic nitrogens is 1. The molecule has 0 aliphatic heterocycles. The number of carbonyl (C=O) groups excluding carboxylic acids is 1. The number of nitrogens with one attached hydrogen (secondary N) is 1. The zero-order chi connectivity index (χ0) is 17.6. The molecule has 0 aliphatic carbocycles. The van der Waals surface area contributed by atoms with Gasteiger partial charge in [0.2, 0.25) is 0 Å². The first-order chi connectivity index (χ1) is 12.2. The van der Waals surface area contributed by atoms with Crippen LogP contribution in [-0.4, -0.2) is 24.7 Å². The van der Waals surface area contributed by atoms with Crippen LogP contribution in [0.15, 0.2) is 59.1 Å². The Labute approximate surface area is 144 Å². The van der Waals surface area contributed by atoms with Gasteiger partial charge in [-0.1, -0.05) is 29.4 Å². The summed E-state index contributed by atoms with van der Waals surface area (Å²) in [7, 11) is 1.61. The number of methoxy groups -OCH3 is 1. The summed E-state index contributed by atoms with van der Waals surface area (Å²) in [5, 5.41) is 6.48. The molecule has 2 aromatic carbocycles. The summed E-state index contributed by atoms with van der Waals surface area (Å²) >= 11 is 0. The van der Waals surface area contributed by atoms with Crippen molar-refractivity contribution in [1.29, 1.82) is 0 Å². The fourth-order valence-corrected chi connectivity index (χ4v) is 2.37. The third-order valence-corrected chi connectivity index (χ3v) is 3.74. The van der Waals surface area contributed by atoms with Crippen molar-refractivity contribution in [1.82, 2.24) is 10.5 Å². The molecule has 0 radical (unpaired) electrons. The maximum atomic E-state index is 13.7. The number of rotatable bonds is 6. The van der Waals surface area contributed by atoms with Crippen LogP contribution in [0, 0.1) is 5.82 Å². The van der Waals surface area contributed by atoms with Crippen molar-refractivity contribution in [2.75, 3.05) is 13.7 Å². The van der Waals surface area contributed by atoms with Crippen LogP contribution in [0.4, 0.5) is 4.39 Å². The topological polar surface area (TPSA) is 64.4 Å². The Morgan fingerprint density at radius 2 is 1.96 bits per heavy atom. The lowest BCUT2D eigenvalue weighted by molar-refractivity contribution is 0.0945. The fourth-order valence-electron chi connectivity index (χ4n) is 2.37. The number of amides is 1. The summed E-state index contributed by atoms with van der Waals surface area (Å²) in [6.07, 6.45) is 0.674. The molecule has 0 bridgehead atoms. The Morgan fingerprint density at radius 3 is 2.68 bits per heavy atom. The molecule has 3 aromatic rings. The van der Waals surface area contributed by atoms with E-state index in [1.165, 1.54) is 12.1 Å². The van der Waals surface area contributed by atoms with Crippen LogP contribution in [0.25, 0.3) is 11.3 Å². The number of nitrogens with zero attached hydrogens (tertiary/aromatic N) is 1. The van der Waals surface area contributed by atoms with E-state index in [2.05, 4.69) is 10.5 Å². The zero-order valence-corrected chi connectivity index (χ0v) is 13.7. The molecule has 0 saturated carbocycles. The molecular formula is C19H17FN2O3. The predicted molar refractivity (Wildman–Crippen MR) is 90.9 cm³/mol. The number of hydrogen-bond acceptors (Lipinski definition) is 4. The highest BCUT2D eigenvalue weighted by molar-refractivity contribution is 5.93. The van der Waals surface area contributed by atoms with E-state index in [0.29, 0.717) is 13.0 Å². The van der Waals surface area contributed by atoms with E-state index in [1.54, 1.807) is 25.3 Å². The Kier molecular flexibility index (Phi) is 5.09. The van der Waals surface area contributed by atoms with E-state index in [-0.39, 0.29) is 22.9 Å². The van der Waals surface area contributed by atoms with E-state index < -0.39 is 5.82 Å². The van der Waals surface area contributed by atoms with Crippen LogP contribution < -0.4 is 10.1 Å². The molecule has 1 N–H and O–H groups in total. The van der Waals surface area contributed by atoms with Crippen molar-refractivity contribution in [2.24, 2.45) is 0 Å². The molecule has 3 rings (SSSR count). The van der Waals surface area contributed by atoms with Crippen LogP contribution in [-0.2, 0) is 6.42 Å². The number of carbonyl (C=O) groups is 1. The maximum absolute atomic E-state index is 13.7. The van der Waals surface area contributed by atoms with E-state index in [0.717, 1.165) is 11.3 Å². The second-order valence-corrected chi connectivity index (χ2v) is 5.41.